The molecule has 74 valence electrons. The highest BCUT2D eigenvalue weighted by Gasteiger charge is 2.00. The lowest BCUT2D eigenvalue weighted by molar-refractivity contribution is 0.808. The van der Waals surface area contributed by atoms with Gasteiger partial charge in [-0.25, -0.2) is 0 Å². The second kappa shape index (κ2) is 5.71. The van der Waals surface area contributed by atoms with E-state index in [-0.39, 0.29) is 0 Å². The molecule has 0 radical (unpaired) electrons. The largest absolute Gasteiger partial charge is 0.130 e. The second-order valence-electron chi connectivity index (χ2n) is 3.19. The minimum Gasteiger partial charge on any atom is -0.130 e. The van der Waals surface area contributed by atoms with Gasteiger partial charge in [-0.05, 0) is 36.3 Å². The summed E-state index contributed by atoms with van der Waals surface area (Å²) in [7, 11) is 0. The van der Waals surface area contributed by atoms with Gasteiger partial charge in [0.15, 0.2) is 0 Å². The van der Waals surface area contributed by atoms with Crippen molar-refractivity contribution in [1.82, 2.24) is 0 Å². The highest BCUT2D eigenvalue weighted by atomic mass is 32.2. The van der Waals surface area contributed by atoms with Crippen LogP contribution in [0.1, 0.15) is 5.56 Å². The van der Waals surface area contributed by atoms with Gasteiger partial charge in [0.25, 0.3) is 0 Å². The number of rotatable bonds is 5. The molecule has 0 nitrogen and oxygen atoms in total. The Kier molecular flexibility index (Phi) is 4.54. The Morgan fingerprint density at radius 1 is 1.21 bits per heavy atom. The van der Waals surface area contributed by atoms with E-state index in [2.05, 4.69) is 43.7 Å². The molecule has 0 aliphatic heterocycles. The first-order valence-corrected chi connectivity index (χ1v) is 5.90. The van der Waals surface area contributed by atoms with Gasteiger partial charge in [-0.1, -0.05) is 24.3 Å². The van der Waals surface area contributed by atoms with E-state index in [9.17, 15) is 0 Å². The third-order valence-corrected chi connectivity index (χ3v) is 2.98. The lowest BCUT2D eigenvalue weighted by Crippen LogP contribution is -1.96. The second-order valence-corrected chi connectivity index (χ2v) is 4.07. The first-order valence-electron chi connectivity index (χ1n) is 4.68. The van der Waals surface area contributed by atoms with Crippen LogP contribution in [0.2, 0.25) is 0 Å². The molecular formula is C13H16S. The molecule has 1 aromatic rings. The molecule has 0 unspecified atom stereocenters. The van der Waals surface area contributed by atoms with E-state index in [1.165, 1.54) is 10.5 Å². The zero-order valence-corrected chi connectivity index (χ0v) is 9.39. The maximum Gasteiger partial charge on any atom is 0.00693 e. The zero-order valence-electron chi connectivity index (χ0n) is 8.57. The number of hydrogen-bond donors (Lipinski definition) is 0. The highest BCUT2D eigenvalue weighted by molar-refractivity contribution is 7.98. The van der Waals surface area contributed by atoms with Crippen LogP contribution >= 0.6 is 11.8 Å². The fraction of sp³-hybridized carbons (Fsp3) is 0.231. The maximum atomic E-state index is 3.79. The van der Waals surface area contributed by atoms with Crippen LogP contribution < -0.4 is 0 Å². The first-order chi connectivity index (χ1) is 6.80. The summed E-state index contributed by atoms with van der Waals surface area (Å²) in [5.74, 6) is 0.384. The standard InChI is InChI=1S/C13H16S/c1-4-11(5-2)10-12-6-8-13(14-3)9-7-12/h4-9,11H,1-2,10H2,3H3. The molecule has 0 amide bonds. The molecule has 0 aliphatic rings. The quantitative estimate of drug-likeness (QED) is 0.517. The molecule has 0 N–H and O–H groups in total. The summed E-state index contributed by atoms with van der Waals surface area (Å²) in [4.78, 5) is 1.31. The van der Waals surface area contributed by atoms with Crippen LogP contribution in [0.5, 0.6) is 0 Å². The Labute approximate surface area is 90.7 Å². The Morgan fingerprint density at radius 2 is 1.79 bits per heavy atom. The monoisotopic (exact) mass is 204 g/mol. The van der Waals surface area contributed by atoms with Crippen LogP contribution in [-0.2, 0) is 6.42 Å². The molecule has 0 aromatic heterocycles. The van der Waals surface area contributed by atoms with Crippen LogP contribution in [0.4, 0.5) is 0 Å². The van der Waals surface area contributed by atoms with Crippen molar-refractivity contribution in [3.8, 4) is 0 Å². The molecule has 0 heterocycles. The zero-order chi connectivity index (χ0) is 10.4. The first kappa shape index (κ1) is 11.1. The number of benzene rings is 1. The lowest BCUT2D eigenvalue weighted by atomic mass is 10.00. The fourth-order valence-electron chi connectivity index (χ4n) is 1.30. The molecule has 0 fully saturated rings. The Morgan fingerprint density at radius 3 is 2.21 bits per heavy atom. The summed E-state index contributed by atoms with van der Waals surface area (Å²) < 4.78 is 0. The van der Waals surface area contributed by atoms with Crippen molar-refractivity contribution in [2.24, 2.45) is 5.92 Å². The average molecular weight is 204 g/mol. The summed E-state index contributed by atoms with van der Waals surface area (Å²) in [6, 6.07) is 8.66. The molecule has 1 rings (SSSR count). The van der Waals surface area contributed by atoms with Gasteiger partial charge >= 0.3 is 0 Å². The lowest BCUT2D eigenvalue weighted by Gasteiger charge is -2.07. The summed E-state index contributed by atoms with van der Waals surface area (Å²) in [5.41, 5.74) is 1.34. The molecule has 0 saturated carbocycles. The van der Waals surface area contributed by atoms with E-state index < -0.39 is 0 Å². The van der Waals surface area contributed by atoms with Crippen molar-refractivity contribution in [2.45, 2.75) is 11.3 Å². The van der Waals surface area contributed by atoms with Gasteiger partial charge in [0.2, 0.25) is 0 Å². The van der Waals surface area contributed by atoms with Crippen molar-refractivity contribution >= 4 is 11.8 Å². The van der Waals surface area contributed by atoms with Crippen LogP contribution in [0.25, 0.3) is 0 Å². The van der Waals surface area contributed by atoms with Gasteiger partial charge in [0.1, 0.15) is 0 Å². The molecule has 0 saturated heterocycles. The average Bonchev–Trinajstić information content (AvgIpc) is 2.26. The van der Waals surface area contributed by atoms with Crippen LogP contribution in [-0.4, -0.2) is 6.26 Å². The molecule has 14 heavy (non-hydrogen) atoms. The third kappa shape index (κ3) is 3.08. The summed E-state index contributed by atoms with van der Waals surface area (Å²) in [6.45, 7) is 7.57. The van der Waals surface area contributed by atoms with Crippen LogP contribution in [0.3, 0.4) is 0 Å². The molecular weight excluding hydrogens is 188 g/mol. The van der Waals surface area contributed by atoms with Gasteiger partial charge in [0.05, 0.1) is 0 Å². The summed E-state index contributed by atoms with van der Waals surface area (Å²) in [6.07, 6.45) is 6.97. The van der Waals surface area contributed by atoms with Crippen molar-refractivity contribution in [2.75, 3.05) is 6.26 Å². The van der Waals surface area contributed by atoms with E-state index in [1.807, 2.05) is 12.2 Å². The number of allylic oxidation sites excluding steroid dienone is 2. The fourth-order valence-corrected chi connectivity index (χ4v) is 1.70. The smallest absolute Gasteiger partial charge is 0.00693 e. The van der Waals surface area contributed by atoms with Gasteiger partial charge in [-0.15, -0.1) is 24.9 Å². The molecule has 1 aromatic carbocycles. The van der Waals surface area contributed by atoms with E-state index in [4.69, 9.17) is 0 Å². The SMILES string of the molecule is C=CC(C=C)Cc1ccc(SC)cc1. The molecule has 0 bridgehead atoms. The predicted molar refractivity (Wildman–Crippen MR) is 65.8 cm³/mol. The van der Waals surface area contributed by atoms with Crippen LogP contribution in [0, 0.1) is 5.92 Å². The Balaban J connectivity index is 2.67. The third-order valence-electron chi connectivity index (χ3n) is 2.24. The van der Waals surface area contributed by atoms with Gasteiger partial charge < -0.3 is 0 Å². The Hall–Kier alpha value is -0.950. The topological polar surface area (TPSA) is 0 Å². The van der Waals surface area contributed by atoms with E-state index in [0.29, 0.717) is 5.92 Å². The van der Waals surface area contributed by atoms with E-state index >= 15 is 0 Å². The molecule has 1 heteroatoms. The van der Waals surface area contributed by atoms with Gasteiger partial charge in [-0.2, -0.15) is 0 Å². The van der Waals surface area contributed by atoms with Gasteiger partial charge in [-0.3, -0.25) is 0 Å². The van der Waals surface area contributed by atoms with Gasteiger partial charge in [0, 0.05) is 4.90 Å². The van der Waals surface area contributed by atoms with Crippen molar-refractivity contribution < 1.29 is 0 Å². The van der Waals surface area contributed by atoms with Crippen LogP contribution in [0.15, 0.2) is 54.5 Å². The maximum absolute atomic E-state index is 3.79. The summed E-state index contributed by atoms with van der Waals surface area (Å²) in [5, 5.41) is 0. The highest BCUT2D eigenvalue weighted by Crippen LogP contribution is 2.17. The molecule has 0 atom stereocenters. The Bertz CT molecular complexity index is 290. The molecule has 0 aliphatic carbocycles. The van der Waals surface area contributed by atoms with Crippen molar-refractivity contribution in [3.05, 3.63) is 55.1 Å². The van der Waals surface area contributed by atoms with Crippen molar-refractivity contribution in [3.63, 3.8) is 0 Å². The normalized spacial score (nSPS) is 10.1. The number of hydrogen-bond acceptors (Lipinski definition) is 1. The number of thioether (sulfide) groups is 1. The minimum absolute atomic E-state index is 0.384. The van der Waals surface area contributed by atoms with Crippen molar-refractivity contribution in [1.29, 1.82) is 0 Å². The molecule has 0 spiro atoms. The van der Waals surface area contributed by atoms with E-state index in [0.717, 1.165) is 6.42 Å². The minimum atomic E-state index is 0.384. The van der Waals surface area contributed by atoms with E-state index in [1.54, 1.807) is 11.8 Å². The summed E-state index contributed by atoms with van der Waals surface area (Å²) >= 11 is 1.77. The predicted octanol–water partition coefficient (Wildman–Crippen LogP) is 3.94.